The molecule has 2 aromatic carbocycles. The molecule has 0 spiro atoms. The fourth-order valence-electron chi connectivity index (χ4n) is 3.17. The van der Waals surface area contributed by atoms with Gasteiger partial charge in [-0.3, -0.25) is 4.79 Å². The average Bonchev–Trinajstić information content (AvgIpc) is 2.73. The quantitative estimate of drug-likeness (QED) is 0.564. The number of aromatic nitrogens is 2. The van der Waals surface area contributed by atoms with Crippen molar-refractivity contribution in [1.29, 1.82) is 10.5 Å². The molecule has 0 aliphatic carbocycles. The Kier molecular flexibility index (Phi) is 4.08. The van der Waals surface area contributed by atoms with Crippen LogP contribution in [0.1, 0.15) is 11.1 Å². The summed E-state index contributed by atoms with van der Waals surface area (Å²) in [6.07, 6.45) is 0. The summed E-state index contributed by atoms with van der Waals surface area (Å²) in [5.41, 5.74) is 8.32. The SMILES string of the molecule is N#Cc1c(N)[nH]c(=O)c(C#N)c1-c1ccc2ccc(-c3ccccc3)nc2c1. The number of nitrogen functional groups attached to an aromatic ring is 1. The number of aromatic amines is 1. The fraction of sp³-hybridized carbons (Fsp3) is 0. The third kappa shape index (κ3) is 2.76. The number of hydrogen-bond acceptors (Lipinski definition) is 5. The van der Waals surface area contributed by atoms with Crippen molar-refractivity contribution in [2.45, 2.75) is 0 Å². The number of H-pyrrole nitrogens is 1. The zero-order chi connectivity index (χ0) is 19.7. The molecule has 3 N–H and O–H groups in total. The van der Waals surface area contributed by atoms with E-state index in [0.717, 1.165) is 16.6 Å². The summed E-state index contributed by atoms with van der Waals surface area (Å²) >= 11 is 0. The highest BCUT2D eigenvalue weighted by atomic mass is 16.1. The maximum Gasteiger partial charge on any atom is 0.268 e. The second-order valence-corrected chi connectivity index (χ2v) is 6.19. The van der Waals surface area contributed by atoms with E-state index in [4.69, 9.17) is 10.7 Å². The van der Waals surface area contributed by atoms with Gasteiger partial charge in [-0.05, 0) is 17.7 Å². The van der Waals surface area contributed by atoms with Crippen LogP contribution in [0, 0.1) is 22.7 Å². The number of benzene rings is 2. The number of hydrogen-bond donors (Lipinski definition) is 2. The molecule has 0 aliphatic rings. The molecule has 4 rings (SSSR count). The van der Waals surface area contributed by atoms with Crippen LogP contribution < -0.4 is 11.3 Å². The Morgan fingerprint density at radius 2 is 1.61 bits per heavy atom. The smallest absolute Gasteiger partial charge is 0.268 e. The molecule has 0 unspecified atom stereocenters. The Labute approximate surface area is 160 Å². The highest BCUT2D eigenvalue weighted by molar-refractivity contribution is 5.89. The van der Waals surface area contributed by atoms with Crippen molar-refractivity contribution in [3.8, 4) is 34.5 Å². The van der Waals surface area contributed by atoms with Gasteiger partial charge in [-0.15, -0.1) is 0 Å². The Morgan fingerprint density at radius 1 is 0.893 bits per heavy atom. The standard InChI is InChI=1S/C22H13N5O/c23-11-16-20(17(12-24)22(28)27-21(16)25)15-7-6-14-8-9-18(26-19(14)10-15)13-4-2-1-3-5-13/h1-10H,(H3,25,27,28). The minimum Gasteiger partial charge on any atom is -0.384 e. The highest BCUT2D eigenvalue weighted by Gasteiger charge is 2.18. The van der Waals surface area contributed by atoms with E-state index in [-0.39, 0.29) is 22.5 Å². The molecule has 0 amide bonds. The summed E-state index contributed by atoms with van der Waals surface area (Å²) in [5, 5.41) is 19.8. The Balaban J connectivity index is 1.98. The maximum atomic E-state index is 12.2. The van der Waals surface area contributed by atoms with Crippen molar-refractivity contribution in [3.63, 3.8) is 0 Å². The van der Waals surface area contributed by atoms with Crippen LogP contribution in [-0.2, 0) is 0 Å². The molecule has 2 aromatic heterocycles. The first-order chi connectivity index (χ1) is 13.6. The van der Waals surface area contributed by atoms with Crippen LogP contribution in [0.3, 0.4) is 0 Å². The van der Waals surface area contributed by atoms with Crippen molar-refractivity contribution in [3.05, 3.63) is 82.1 Å². The molecule has 6 heteroatoms. The van der Waals surface area contributed by atoms with E-state index in [1.54, 1.807) is 12.1 Å². The Morgan fingerprint density at radius 3 is 2.32 bits per heavy atom. The summed E-state index contributed by atoms with van der Waals surface area (Å²) in [7, 11) is 0. The molecule has 6 nitrogen and oxygen atoms in total. The van der Waals surface area contributed by atoms with Gasteiger partial charge in [0.15, 0.2) is 0 Å². The number of pyridine rings is 2. The van der Waals surface area contributed by atoms with Crippen molar-refractivity contribution in [2.24, 2.45) is 0 Å². The topological polar surface area (TPSA) is 119 Å². The molecule has 0 radical (unpaired) electrons. The summed E-state index contributed by atoms with van der Waals surface area (Å²) in [4.78, 5) is 19.2. The maximum absolute atomic E-state index is 12.2. The van der Waals surface area contributed by atoms with Gasteiger partial charge in [-0.25, -0.2) is 4.98 Å². The lowest BCUT2D eigenvalue weighted by Gasteiger charge is -2.10. The van der Waals surface area contributed by atoms with Crippen molar-refractivity contribution >= 4 is 16.7 Å². The van der Waals surface area contributed by atoms with Crippen LogP contribution in [0.2, 0.25) is 0 Å². The number of nitrogens with zero attached hydrogens (tertiary/aromatic N) is 3. The summed E-state index contributed by atoms with van der Waals surface area (Å²) in [5.74, 6) is -0.0624. The lowest BCUT2D eigenvalue weighted by atomic mass is 9.95. The minimum atomic E-state index is -0.625. The molecule has 28 heavy (non-hydrogen) atoms. The number of anilines is 1. The first kappa shape index (κ1) is 17.0. The van der Waals surface area contributed by atoms with Crippen LogP contribution in [-0.4, -0.2) is 9.97 Å². The van der Waals surface area contributed by atoms with Crippen LogP contribution in [0.5, 0.6) is 0 Å². The van der Waals surface area contributed by atoms with Gasteiger partial charge in [0.2, 0.25) is 0 Å². The number of nitrogens with two attached hydrogens (primary N) is 1. The predicted molar refractivity (Wildman–Crippen MR) is 107 cm³/mol. The monoisotopic (exact) mass is 363 g/mol. The van der Waals surface area contributed by atoms with Gasteiger partial charge in [-0.1, -0.05) is 48.5 Å². The molecule has 0 saturated carbocycles. The molecular formula is C22H13N5O. The second kappa shape index (κ2) is 6.71. The van der Waals surface area contributed by atoms with E-state index in [1.165, 1.54) is 0 Å². The first-order valence-corrected chi connectivity index (χ1v) is 8.45. The molecule has 2 heterocycles. The second-order valence-electron chi connectivity index (χ2n) is 6.19. The normalized spacial score (nSPS) is 10.4. The van der Waals surface area contributed by atoms with E-state index in [9.17, 15) is 15.3 Å². The lowest BCUT2D eigenvalue weighted by Crippen LogP contribution is -2.16. The van der Waals surface area contributed by atoms with Gasteiger partial charge in [0, 0.05) is 16.5 Å². The number of nitrogens with one attached hydrogen (secondary N) is 1. The predicted octanol–water partition coefficient (Wildman–Crippen LogP) is 3.58. The molecule has 0 saturated heterocycles. The molecular weight excluding hydrogens is 350 g/mol. The summed E-state index contributed by atoms with van der Waals surface area (Å²) in [6, 6.07) is 22.9. The summed E-state index contributed by atoms with van der Waals surface area (Å²) in [6.45, 7) is 0. The van der Waals surface area contributed by atoms with Crippen LogP contribution in [0.15, 0.2) is 65.5 Å². The molecule has 0 fully saturated rings. The molecule has 0 aliphatic heterocycles. The van der Waals surface area contributed by atoms with Gasteiger partial charge in [-0.2, -0.15) is 10.5 Å². The number of fused-ring (bicyclic) bond motifs is 1. The average molecular weight is 363 g/mol. The van der Waals surface area contributed by atoms with E-state index >= 15 is 0 Å². The molecule has 0 atom stereocenters. The minimum absolute atomic E-state index is 0.0624. The number of nitriles is 2. The van der Waals surface area contributed by atoms with E-state index in [1.807, 2.05) is 60.7 Å². The largest absolute Gasteiger partial charge is 0.384 e. The Bertz CT molecular complexity index is 1360. The zero-order valence-electron chi connectivity index (χ0n) is 14.6. The van der Waals surface area contributed by atoms with Crippen molar-refractivity contribution < 1.29 is 0 Å². The first-order valence-electron chi connectivity index (χ1n) is 8.45. The van der Waals surface area contributed by atoms with E-state index in [2.05, 4.69) is 4.98 Å². The van der Waals surface area contributed by atoms with E-state index < -0.39 is 5.56 Å². The van der Waals surface area contributed by atoms with Gasteiger partial charge in [0.05, 0.1) is 11.2 Å². The van der Waals surface area contributed by atoms with Gasteiger partial charge < -0.3 is 10.7 Å². The van der Waals surface area contributed by atoms with E-state index in [0.29, 0.717) is 11.1 Å². The van der Waals surface area contributed by atoms with Crippen LogP contribution in [0.4, 0.5) is 5.82 Å². The van der Waals surface area contributed by atoms with Gasteiger partial charge in [0.1, 0.15) is 29.1 Å². The zero-order valence-corrected chi connectivity index (χ0v) is 14.6. The molecule has 0 bridgehead atoms. The van der Waals surface area contributed by atoms with Gasteiger partial charge in [0.25, 0.3) is 5.56 Å². The fourth-order valence-corrected chi connectivity index (χ4v) is 3.17. The third-order valence-electron chi connectivity index (χ3n) is 4.52. The highest BCUT2D eigenvalue weighted by Crippen LogP contribution is 2.31. The lowest BCUT2D eigenvalue weighted by molar-refractivity contribution is 1.21. The Hall–Kier alpha value is -4.42. The van der Waals surface area contributed by atoms with Crippen molar-refractivity contribution in [1.82, 2.24) is 9.97 Å². The number of rotatable bonds is 2. The molecule has 4 aromatic rings. The van der Waals surface area contributed by atoms with Crippen LogP contribution in [0.25, 0.3) is 33.3 Å². The summed E-state index contributed by atoms with van der Waals surface area (Å²) < 4.78 is 0. The van der Waals surface area contributed by atoms with Crippen molar-refractivity contribution in [2.75, 3.05) is 5.73 Å². The third-order valence-corrected chi connectivity index (χ3v) is 4.52. The van der Waals surface area contributed by atoms with Gasteiger partial charge >= 0.3 is 0 Å². The molecule has 132 valence electrons. The van der Waals surface area contributed by atoms with Crippen LogP contribution >= 0.6 is 0 Å².